The lowest BCUT2D eigenvalue weighted by Gasteiger charge is -2.47. The summed E-state index contributed by atoms with van der Waals surface area (Å²) in [6.45, 7) is 3.76. The molecule has 1 aliphatic heterocycles. The monoisotopic (exact) mass is 620 g/mol. The summed E-state index contributed by atoms with van der Waals surface area (Å²) >= 11 is 12.2. The second-order valence-corrected chi connectivity index (χ2v) is 13.2. The number of amides is 1. The number of halogens is 2. The molecule has 1 amide bonds. The molecule has 1 aliphatic rings. The van der Waals surface area contributed by atoms with Gasteiger partial charge in [-0.15, -0.1) is 10.8 Å². The van der Waals surface area contributed by atoms with E-state index in [9.17, 15) is 19.0 Å². The van der Waals surface area contributed by atoms with Crippen LogP contribution in [0.3, 0.4) is 0 Å². The molecular weight excluding hydrogens is 583 g/mol. The van der Waals surface area contributed by atoms with Crippen LogP contribution in [-0.2, 0) is 13.0 Å². The fourth-order valence-electron chi connectivity index (χ4n) is 4.92. The van der Waals surface area contributed by atoms with Crippen molar-refractivity contribution in [1.82, 2.24) is 10.6 Å². The standard InChI is InChI=1S/C30H38Cl2N4O4S/c1-2-34-26-15-23(16-27(18-26)36-10-6-7-11-41(36,39)40)30(38)35-28(14-21-8-4-3-5-9-21)29(37)20-33-19-22-12-24(31)17-25(32)13-22/h3-5,8-9,12-13,15-18,28-29,33-34,37,39-40H,2,6-7,10-11,14,19-20H2,1H3,(H,35,38). The zero-order valence-electron chi connectivity index (χ0n) is 23.0. The van der Waals surface area contributed by atoms with E-state index in [1.165, 1.54) is 0 Å². The molecule has 0 radical (unpaired) electrons. The van der Waals surface area contributed by atoms with Crippen molar-refractivity contribution >= 4 is 51.3 Å². The van der Waals surface area contributed by atoms with Crippen molar-refractivity contribution in [2.75, 3.05) is 35.0 Å². The van der Waals surface area contributed by atoms with Gasteiger partial charge in [0, 0.05) is 47.5 Å². The molecule has 222 valence electrons. The quantitative estimate of drug-likeness (QED) is 0.143. The Kier molecular flexibility index (Phi) is 11.2. The van der Waals surface area contributed by atoms with E-state index in [2.05, 4.69) is 16.0 Å². The molecule has 8 nitrogen and oxygen atoms in total. The maximum atomic E-state index is 13.6. The zero-order valence-corrected chi connectivity index (χ0v) is 25.4. The summed E-state index contributed by atoms with van der Waals surface area (Å²) in [7, 11) is -2.96. The van der Waals surface area contributed by atoms with Gasteiger partial charge in [-0.2, -0.15) is 0 Å². The zero-order chi connectivity index (χ0) is 29.4. The number of carbonyl (C=O) groups is 1. The maximum Gasteiger partial charge on any atom is 0.251 e. The molecule has 41 heavy (non-hydrogen) atoms. The molecule has 0 aliphatic carbocycles. The number of nitrogens with zero attached hydrogens (tertiary/aromatic N) is 1. The lowest BCUT2D eigenvalue weighted by molar-refractivity contribution is 0.0830. The fourth-order valence-corrected chi connectivity index (χ4v) is 7.17. The molecule has 0 saturated carbocycles. The number of rotatable bonds is 12. The minimum atomic E-state index is -2.96. The number of aliphatic hydroxyl groups is 1. The van der Waals surface area contributed by atoms with Gasteiger partial charge < -0.3 is 21.1 Å². The predicted octanol–water partition coefficient (Wildman–Crippen LogP) is 6.18. The van der Waals surface area contributed by atoms with Crippen LogP contribution in [0.2, 0.25) is 10.0 Å². The fraction of sp³-hybridized carbons (Fsp3) is 0.367. The number of carbonyl (C=O) groups excluding carboxylic acids is 1. The van der Waals surface area contributed by atoms with Gasteiger partial charge in [0.2, 0.25) is 0 Å². The third-order valence-electron chi connectivity index (χ3n) is 6.92. The van der Waals surface area contributed by atoms with E-state index in [0.29, 0.717) is 58.8 Å². The van der Waals surface area contributed by atoms with Crippen molar-refractivity contribution in [3.8, 4) is 0 Å². The molecule has 0 bridgehead atoms. The first-order valence-corrected chi connectivity index (χ1v) is 16.2. The van der Waals surface area contributed by atoms with Crippen LogP contribution in [0.5, 0.6) is 0 Å². The Bertz CT molecular complexity index is 1290. The first-order chi connectivity index (χ1) is 19.6. The van der Waals surface area contributed by atoms with Crippen LogP contribution in [0.15, 0.2) is 66.7 Å². The van der Waals surface area contributed by atoms with Gasteiger partial charge in [0.15, 0.2) is 0 Å². The Morgan fingerprint density at radius 2 is 1.73 bits per heavy atom. The Balaban J connectivity index is 1.53. The van der Waals surface area contributed by atoms with Gasteiger partial charge in [0.25, 0.3) is 5.91 Å². The average molecular weight is 622 g/mol. The average Bonchev–Trinajstić information content (AvgIpc) is 2.92. The van der Waals surface area contributed by atoms with E-state index >= 15 is 0 Å². The molecule has 1 saturated heterocycles. The van der Waals surface area contributed by atoms with Crippen LogP contribution in [0.4, 0.5) is 11.4 Å². The highest BCUT2D eigenvalue weighted by atomic mass is 35.5. The Morgan fingerprint density at radius 3 is 2.41 bits per heavy atom. The third-order valence-corrected chi connectivity index (χ3v) is 9.29. The normalized spacial score (nSPS) is 17.0. The van der Waals surface area contributed by atoms with E-state index in [-0.39, 0.29) is 12.5 Å². The minimum Gasteiger partial charge on any atom is -0.390 e. The number of nitrogens with one attached hydrogen (secondary N) is 3. The maximum absolute atomic E-state index is 13.6. The van der Waals surface area contributed by atoms with Crippen molar-refractivity contribution in [1.29, 1.82) is 0 Å². The number of benzene rings is 3. The van der Waals surface area contributed by atoms with Gasteiger partial charge in [0.05, 0.1) is 23.6 Å². The van der Waals surface area contributed by atoms with Gasteiger partial charge in [-0.1, -0.05) is 53.5 Å². The smallest absolute Gasteiger partial charge is 0.251 e. The van der Waals surface area contributed by atoms with Crippen molar-refractivity contribution in [2.24, 2.45) is 0 Å². The van der Waals surface area contributed by atoms with E-state index in [4.69, 9.17) is 23.2 Å². The van der Waals surface area contributed by atoms with Crippen LogP contribution in [0, 0.1) is 0 Å². The molecule has 2 atom stereocenters. The van der Waals surface area contributed by atoms with E-state index in [1.54, 1.807) is 22.5 Å². The molecule has 4 rings (SSSR count). The van der Waals surface area contributed by atoms with Gasteiger partial charge in [-0.25, -0.2) is 0 Å². The highest BCUT2D eigenvalue weighted by Crippen LogP contribution is 2.50. The van der Waals surface area contributed by atoms with Crippen LogP contribution in [0.25, 0.3) is 0 Å². The van der Waals surface area contributed by atoms with E-state index in [1.807, 2.05) is 55.5 Å². The summed E-state index contributed by atoms with van der Waals surface area (Å²) < 4.78 is 23.0. The Morgan fingerprint density at radius 1 is 1.00 bits per heavy atom. The Labute approximate surface area is 253 Å². The summed E-state index contributed by atoms with van der Waals surface area (Å²) in [4.78, 5) is 13.6. The van der Waals surface area contributed by atoms with E-state index < -0.39 is 22.9 Å². The first-order valence-electron chi connectivity index (χ1n) is 13.8. The highest BCUT2D eigenvalue weighted by molar-refractivity contribution is 8.25. The van der Waals surface area contributed by atoms with Crippen molar-refractivity contribution in [3.63, 3.8) is 0 Å². The Hall–Kier alpha value is -2.50. The second kappa shape index (κ2) is 14.6. The molecule has 3 aromatic rings. The summed E-state index contributed by atoms with van der Waals surface area (Å²) in [5.41, 5.74) is 3.51. The molecule has 1 heterocycles. The SMILES string of the molecule is CCNc1cc(C(=O)NC(Cc2ccccc2)C(O)CNCc2cc(Cl)cc(Cl)c2)cc(N2CCCCS2(O)O)c1. The molecular formula is C30H38Cl2N4O4S. The van der Waals surface area contributed by atoms with Crippen molar-refractivity contribution in [2.45, 2.75) is 44.9 Å². The van der Waals surface area contributed by atoms with Crippen LogP contribution in [-0.4, -0.2) is 57.7 Å². The minimum absolute atomic E-state index is 0.222. The molecule has 0 aromatic heterocycles. The topological polar surface area (TPSA) is 117 Å². The molecule has 3 aromatic carbocycles. The third kappa shape index (κ3) is 8.99. The lowest BCUT2D eigenvalue weighted by atomic mass is 10.00. The lowest BCUT2D eigenvalue weighted by Crippen LogP contribution is -2.48. The van der Waals surface area contributed by atoms with Gasteiger partial charge in [-0.05, 0) is 73.7 Å². The summed E-state index contributed by atoms with van der Waals surface area (Å²) in [6, 6.07) is 19.6. The molecule has 6 N–H and O–H groups in total. The van der Waals surface area contributed by atoms with Gasteiger partial charge >= 0.3 is 0 Å². The first kappa shape index (κ1) is 31.4. The van der Waals surface area contributed by atoms with Crippen LogP contribution < -0.4 is 20.3 Å². The molecule has 0 spiro atoms. The largest absolute Gasteiger partial charge is 0.390 e. The number of anilines is 2. The van der Waals surface area contributed by atoms with Crippen molar-refractivity contribution < 1.29 is 19.0 Å². The molecule has 1 fully saturated rings. The van der Waals surface area contributed by atoms with Crippen LogP contribution in [0.1, 0.15) is 41.3 Å². The predicted molar refractivity (Wildman–Crippen MR) is 170 cm³/mol. The van der Waals surface area contributed by atoms with Crippen LogP contribution >= 0.6 is 34.0 Å². The van der Waals surface area contributed by atoms with Crippen molar-refractivity contribution in [3.05, 3.63) is 93.5 Å². The molecule has 2 unspecified atom stereocenters. The summed E-state index contributed by atoms with van der Waals surface area (Å²) in [5, 5.41) is 21.8. The van der Waals surface area contributed by atoms with E-state index in [0.717, 1.165) is 24.0 Å². The number of hydrogen-bond donors (Lipinski definition) is 6. The number of hydrogen-bond acceptors (Lipinski definition) is 7. The van der Waals surface area contributed by atoms with Gasteiger partial charge in [-0.3, -0.25) is 18.2 Å². The second-order valence-electron chi connectivity index (χ2n) is 10.2. The number of aliphatic hydroxyl groups excluding tert-OH is 1. The highest BCUT2D eigenvalue weighted by Gasteiger charge is 2.28. The van der Waals surface area contributed by atoms with Gasteiger partial charge in [0.1, 0.15) is 0 Å². The summed E-state index contributed by atoms with van der Waals surface area (Å²) in [5.74, 6) is -0.0548. The summed E-state index contributed by atoms with van der Waals surface area (Å²) in [6.07, 6.45) is 1.10. The molecule has 11 heteroatoms.